The van der Waals surface area contributed by atoms with Gasteiger partial charge in [-0.2, -0.15) is 0 Å². The largest absolute Gasteiger partial charge is 0.465 e. The molecule has 494 valence electrons. The van der Waals surface area contributed by atoms with Crippen LogP contribution in [-0.4, -0.2) is 85.0 Å². The van der Waals surface area contributed by atoms with Gasteiger partial charge in [0, 0.05) is 58.0 Å². The minimum atomic E-state index is -1.29. The van der Waals surface area contributed by atoms with Crippen LogP contribution in [0.25, 0.3) is 0 Å². The summed E-state index contributed by atoms with van der Waals surface area (Å²) in [5.74, 6) is 11.8. The number of nitrogens with zero attached hydrogens (tertiary/aromatic N) is 2. The molecule has 2 amide bonds. The fraction of sp³-hybridized carbons (Fsp3) is 0.718. The number of rotatable bonds is 59. The summed E-state index contributed by atoms with van der Waals surface area (Å²) in [6.07, 6.45) is 69.2. The van der Waals surface area contributed by atoms with Crippen LogP contribution >= 0.6 is 0 Å². The second-order valence-corrected chi connectivity index (χ2v) is 23.4. The monoisotopic (exact) mass is 1210 g/mol. The minimum Gasteiger partial charge on any atom is -0.465 e. The van der Waals surface area contributed by atoms with Crippen molar-refractivity contribution >= 4 is 23.8 Å². The average molecular weight is 1210 g/mol. The Morgan fingerprint density at radius 1 is 0.391 bits per heavy atom. The molecule has 0 fully saturated rings. The van der Waals surface area contributed by atoms with E-state index in [9.17, 15) is 9.59 Å². The molecule has 0 radical (unpaired) electrons. The first-order valence-corrected chi connectivity index (χ1v) is 35.8. The van der Waals surface area contributed by atoms with E-state index in [0.717, 1.165) is 122 Å². The van der Waals surface area contributed by atoms with Crippen LogP contribution < -0.4 is 5.32 Å². The number of nitrogens with one attached hydrogen (secondary N) is 1. The van der Waals surface area contributed by atoms with E-state index in [4.69, 9.17) is 9.47 Å². The summed E-state index contributed by atoms with van der Waals surface area (Å²) in [6.45, 7) is 17.3. The van der Waals surface area contributed by atoms with Gasteiger partial charge in [-0.3, -0.25) is 19.2 Å². The van der Waals surface area contributed by atoms with E-state index in [1.165, 1.54) is 103 Å². The number of esters is 2. The first kappa shape index (κ1) is 82.1. The standard InChI is InChI=1S/C78H131N3O6/c1-7-13-17-21-25-29-31-33-35-37-38-39-40-42-44-46-48-52-56-64-74(82)81(71-59-58-70-80(11-5)12-6)78(67-62-65-75(83)86-72-60-54-50-27-23-19-15-9-3,68-63-66-76(84)87-73-61-55-51-28-24-20-16-10-4)77(85)79-69-57-53-49-47-45-43-41-36-34-32-30-26-22-18-14-8-2/h13,17,25,29,33-36,38-39,42,44,48,52H,7-12,14-16,18-24,26-28,30-32,37,40-41,43,45-47,49,53,56-73H2,1-6H3,(H,79,85)/b17-13-,29-25-,35-33-,36-34-,39-38-,44-42-,52-48-. The Morgan fingerprint density at radius 3 is 1.24 bits per heavy atom. The van der Waals surface area contributed by atoms with Crippen molar-refractivity contribution in [3.63, 3.8) is 0 Å². The Kier molecular flexibility index (Phi) is 61.9. The van der Waals surface area contributed by atoms with Crippen LogP contribution in [0.4, 0.5) is 0 Å². The van der Waals surface area contributed by atoms with E-state index in [1.54, 1.807) is 0 Å². The molecule has 0 rings (SSSR count). The summed E-state index contributed by atoms with van der Waals surface area (Å²) in [5.41, 5.74) is -1.29. The molecule has 0 aliphatic heterocycles. The van der Waals surface area contributed by atoms with Gasteiger partial charge in [0.1, 0.15) is 18.8 Å². The van der Waals surface area contributed by atoms with Crippen molar-refractivity contribution in [1.29, 1.82) is 0 Å². The van der Waals surface area contributed by atoms with Crippen LogP contribution in [0, 0.1) is 23.7 Å². The maximum absolute atomic E-state index is 15.3. The Labute approximate surface area is 536 Å². The summed E-state index contributed by atoms with van der Waals surface area (Å²) < 4.78 is 11.4. The van der Waals surface area contributed by atoms with Crippen molar-refractivity contribution in [1.82, 2.24) is 15.1 Å². The molecule has 0 saturated carbocycles. The van der Waals surface area contributed by atoms with Crippen LogP contribution in [0.15, 0.2) is 85.1 Å². The van der Waals surface area contributed by atoms with Crippen molar-refractivity contribution in [3.8, 4) is 23.7 Å². The van der Waals surface area contributed by atoms with Crippen LogP contribution in [0.2, 0.25) is 0 Å². The lowest BCUT2D eigenvalue weighted by atomic mass is 9.83. The minimum absolute atomic E-state index is 0.0866. The van der Waals surface area contributed by atoms with Gasteiger partial charge < -0.3 is 24.6 Å². The zero-order chi connectivity index (χ0) is 63.5. The lowest BCUT2D eigenvalue weighted by Gasteiger charge is -2.43. The molecule has 0 aliphatic carbocycles. The van der Waals surface area contributed by atoms with E-state index < -0.39 is 5.54 Å². The van der Waals surface area contributed by atoms with E-state index in [2.05, 4.69) is 161 Å². The van der Waals surface area contributed by atoms with Crippen molar-refractivity contribution < 1.29 is 28.7 Å². The molecule has 87 heavy (non-hydrogen) atoms. The third-order valence-electron chi connectivity index (χ3n) is 15.8. The molecule has 0 aromatic heterocycles. The molecule has 9 heteroatoms. The number of unbranched alkanes of at least 4 members (excludes halogenated alkanes) is 21. The Balaban J connectivity index is 6.47. The van der Waals surface area contributed by atoms with Gasteiger partial charge in [0.2, 0.25) is 11.8 Å². The average Bonchev–Trinajstić information content (AvgIpc) is 1.26. The summed E-state index contributed by atoms with van der Waals surface area (Å²) in [5, 5.41) is 3.33. The van der Waals surface area contributed by atoms with Crippen LogP contribution in [0.3, 0.4) is 0 Å². The maximum Gasteiger partial charge on any atom is 0.305 e. The number of carbonyl (C=O) groups excluding carboxylic acids is 4. The molecule has 0 aromatic rings. The number of amides is 2. The highest BCUT2D eigenvalue weighted by Gasteiger charge is 2.45. The van der Waals surface area contributed by atoms with Crippen molar-refractivity contribution in [2.24, 2.45) is 0 Å². The molecule has 0 spiro atoms. The SMILES string of the molecule is CC/C=C\C/C=C\C/C=C\C/C=C\C/C=C\C/C=C\CCC(=O)N(CCCCN(CC)CC)C(CCCC(=O)OCCC#CCCCCCC)(CCCC(=O)OCCC#CCCCCCC)C(=O)NCCCCCCCC/C=C\CCCCCCCC. The maximum atomic E-state index is 15.3. The van der Waals surface area contributed by atoms with Crippen molar-refractivity contribution in [2.45, 2.75) is 317 Å². The third kappa shape index (κ3) is 52.8. The van der Waals surface area contributed by atoms with E-state index in [1.807, 2.05) is 4.90 Å². The Bertz CT molecular complexity index is 1930. The highest BCUT2D eigenvalue weighted by molar-refractivity contribution is 5.91. The number of hydrogen-bond acceptors (Lipinski definition) is 7. The Morgan fingerprint density at radius 2 is 0.782 bits per heavy atom. The molecule has 0 heterocycles. The van der Waals surface area contributed by atoms with Gasteiger partial charge >= 0.3 is 11.9 Å². The predicted octanol–water partition coefficient (Wildman–Crippen LogP) is 20.5. The molecular weight excluding hydrogens is 1070 g/mol. The summed E-state index contributed by atoms with van der Waals surface area (Å²) in [6, 6.07) is 0. The molecule has 0 bridgehead atoms. The van der Waals surface area contributed by atoms with Crippen LogP contribution in [-0.2, 0) is 28.7 Å². The van der Waals surface area contributed by atoms with Gasteiger partial charge in [-0.1, -0.05) is 235 Å². The molecule has 0 unspecified atom stereocenters. The van der Waals surface area contributed by atoms with Crippen LogP contribution in [0.5, 0.6) is 0 Å². The predicted molar refractivity (Wildman–Crippen MR) is 373 cm³/mol. The molecule has 0 aliphatic rings. The first-order valence-electron chi connectivity index (χ1n) is 35.8. The topological polar surface area (TPSA) is 105 Å². The Hall–Kier alpha value is -4.86. The van der Waals surface area contributed by atoms with Gasteiger partial charge in [0.15, 0.2) is 0 Å². The highest BCUT2D eigenvalue weighted by Crippen LogP contribution is 2.32. The fourth-order valence-corrected chi connectivity index (χ4v) is 10.4. The number of allylic oxidation sites excluding steroid dienone is 14. The molecule has 9 nitrogen and oxygen atoms in total. The quantitative estimate of drug-likeness (QED) is 0.0280. The first-order chi connectivity index (χ1) is 42.8. The number of hydrogen-bond donors (Lipinski definition) is 1. The smallest absolute Gasteiger partial charge is 0.305 e. The summed E-state index contributed by atoms with van der Waals surface area (Å²) in [4.78, 5) is 61.3. The zero-order valence-electron chi connectivity index (χ0n) is 57.1. The molecule has 1 N–H and O–H groups in total. The van der Waals surface area contributed by atoms with E-state index >= 15 is 9.59 Å². The molecule has 0 saturated heterocycles. The van der Waals surface area contributed by atoms with Crippen molar-refractivity contribution in [3.05, 3.63) is 85.1 Å². The van der Waals surface area contributed by atoms with Crippen molar-refractivity contribution in [2.75, 3.05) is 45.9 Å². The van der Waals surface area contributed by atoms with E-state index in [0.29, 0.717) is 45.2 Å². The zero-order valence-corrected chi connectivity index (χ0v) is 57.1. The lowest BCUT2D eigenvalue weighted by molar-refractivity contribution is -0.151. The third-order valence-corrected chi connectivity index (χ3v) is 15.8. The molecular formula is C78H131N3O6. The van der Waals surface area contributed by atoms with Gasteiger partial charge in [0.05, 0.1) is 0 Å². The highest BCUT2D eigenvalue weighted by atomic mass is 16.5. The summed E-state index contributed by atoms with van der Waals surface area (Å²) in [7, 11) is 0. The fourth-order valence-electron chi connectivity index (χ4n) is 10.4. The second-order valence-electron chi connectivity index (χ2n) is 23.4. The van der Waals surface area contributed by atoms with Gasteiger partial charge in [0.25, 0.3) is 0 Å². The van der Waals surface area contributed by atoms with Gasteiger partial charge in [-0.15, -0.1) is 11.8 Å². The molecule has 0 aromatic carbocycles. The lowest BCUT2D eigenvalue weighted by Crippen LogP contribution is -2.61. The van der Waals surface area contributed by atoms with E-state index in [-0.39, 0.29) is 69.1 Å². The van der Waals surface area contributed by atoms with Gasteiger partial charge in [-0.25, -0.2) is 0 Å². The summed E-state index contributed by atoms with van der Waals surface area (Å²) >= 11 is 0. The number of ether oxygens (including phenoxy) is 2. The van der Waals surface area contributed by atoms with Crippen LogP contribution in [0.1, 0.15) is 311 Å². The van der Waals surface area contributed by atoms with Gasteiger partial charge in [-0.05, 0) is 148 Å². The second kappa shape index (κ2) is 65.6. The number of carbonyl (C=O) groups is 4. The normalized spacial score (nSPS) is 12.0. The molecule has 0 atom stereocenters.